The normalized spacial score (nSPS) is 20.9. The van der Waals surface area contributed by atoms with E-state index in [2.05, 4.69) is 5.10 Å². The van der Waals surface area contributed by atoms with Crippen LogP contribution in [-0.4, -0.2) is 25.6 Å². The molecule has 18 heavy (non-hydrogen) atoms. The predicted octanol–water partition coefficient (Wildman–Crippen LogP) is 2.68. The van der Waals surface area contributed by atoms with Gasteiger partial charge < -0.3 is 10.2 Å². The topological polar surface area (TPSA) is 58.3 Å². The van der Waals surface area contributed by atoms with E-state index in [4.69, 9.17) is 11.6 Å². The molecule has 0 aliphatic heterocycles. The first-order valence-corrected chi connectivity index (χ1v) is 7.08. The smallest absolute Gasteiger partial charge is 0.126 e. The van der Waals surface area contributed by atoms with Gasteiger partial charge in [0.2, 0.25) is 0 Å². The Bertz CT molecular complexity index is 400. The molecule has 0 spiro atoms. The van der Waals surface area contributed by atoms with Crippen LogP contribution < -0.4 is 0 Å². The van der Waals surface area contributed by atoms with Gasteiger partial charge in [-0.2, -0.15) is 5.10 Å². The predicted molar refractivity (Wildman–Crippen MR) is 70.5 cm³/mol. The number of aliphatic hydroxyl groups is 2. The van der Waals surface area contributed by atoms with E-state index in [0.29, 0.717) is 30.1 Å². The van der Waals surface area contributed by atoms with Crippen LogP contribution in [0.4, 0.5) is 0 Å². The van der Waals surface area contributed by atoms with Crippen molar-refractivity contribution in [2.45, 2.75) is 63.7 Å². The van der Waals surface area contributed by atoms with Crippen LogP contribution >= 0.6 is 11.6 Å². The molecule has 1 aliphatic carbocycles. The molecule has 1 aromatic heterocycles. The minimum atomic E-state index is -1.05. The monoisotopic (exact) mass is 272 g/mol. The summed E-state index contributed by atoms with van der Waals surface area (Å²) in [5.74, 6) is 0. The Hall–Kier alpha value is -0.580. The second kappa shape index (κ2) is 5.59. The maximum Gasteiger partial charge on any atom is 0.126 e. The van der Waals surface area contributed by atoms with E-state index in [1.165, 1.54) is 0 Å². The summed E-state index contributed by atoms with van der Waals surface area (Å²) in [5.41, 5.74) is -0.490. The van der Waals surface area contributed by atoms with Gasteiger partial charge in [0.15, 0.2) is 0 Å². The van der Waals surface area contributed by atoms with Gasteiger partial charge >= 0.3 is 0 Å². The van der Waals surface area contributed by atoms with E-state index < -0.39 is 11.7 Å². The zero-order valence-electron chi connectivity index (χ0n) is 10.8. The SMILES string of the molecule is CCCn1ncc(Cl)c1C(O)C1(O)CCCCC1. The lowest BCUT2D eigenvalue weighted by Gasteiger charge is -2.36. The van der Waals surface area contributed by atoms with Crippen LogP contribution in [0, 0.1) is 0 Å². The van der Waals surface area contributed by atoms with Crippen LogP contribution in [0.3, 0.4) is 0 Å². The number of nitrogens with zero attached hydrogens (tertiary/aromatic N) is 2. The number of hydrogen-bond donors (Lipinski definition) is 2. The van der Waals surface area contributed by atoms with Crippen LogP contribution in [0.1, 0.15) is 57.2 Å². The number of aromatic nitrogens is 2. The molecular weight excluding hydrogens is 252 g/mol. The fourth-order valence-corrected chi connectivity index (χ4v) is 2.97. The van der Waals surface area contributed by atoms with Crippen molar-refractivity contribution in [3.05, 3.63) is 16.9 Å². The second-order valence-electron chi connectivity index (χ2n) is 5.17. The van der Waals surface area contributed by atoms with Crippen LogP contribution in [0.2, 0.25) is 5.02 Å². The summed E-state index contributed by atoms with van der Waals surface area (Å²) in [4.78, 5) is 0. The fourth-order valence-electron chi connectivity index (χ4n) is 2.73. The highest BCUT2D eigenvalue weighted by molar-refractivity contribution is 6.31. The van der Waals surface area contributed by atoms with Gasteiger partial charge in [-0.1, -0.05) is 37.8 Å². The van der Waals surface area contributed by atoms with Crippen molar-refractivity contribution in [2.75, 3.05) is 0 Å². The quantitative estimate of drug-likeness (QED) is 0.886. The van der Waals surface area contributed by atoms with Crippen LogP contribution in [0.15, 0.2) is 6.20 Å². The average molecular weight is 273 g/mol. The third-order valence-electron chi connectivity index (χ3n) is 3.76. The van der Waals surface area contributed by atoms with Gasteiger partial charge in [0.05, 0.1) is 22.5 Å². The van der Waals surface area contributed by atoms with Gasteiger partial charge in [0, 0.05) is 6.54 Å². The third kappa shape index (κ3) is 2.56. The molecule has 0 aromatic carbocycles. The van der Waals surface area contributed by atoms with Gasteiger partial charge in [-0.3, -0.25) is 4.68 Å². The number of halogens is 1. The standard InChI is InChI=1S/C13H21ClN2O2/c1-2-8-16-11(10(14)9-15-16)12(17)13(18)6-4-3-5-7-13/h9,12,17-18H,2-8H2,1H3. The number of rotatable bonds is 4. The molecule has 0 radical (unpaired) electrons. The Balaban J connectivity index is 2.26. The molecule has 2 N–H and O–H groups in total. The molecule has 0 bridgehead atoms. The molecule has 1 atom stereocenters. The third-order valence-corrected chi connectivity index (χ3v) is 4.05. The molecule has 1 aliphatic rings. The van der Waals surface area contributed by atoms with E-state index in [-0.39, 0.29) is 0 Å². The van der Waals surface area contributed by atoms with Gasteiger partial charge in [0.1, 0.15) is 6.10 Å². The molecule has 0 amide bonds. The summed E-state index contributed by atoms with van der Waals surface area (Å²) in [6, 6.07) is 0. The molecule has 2 rings (SSSR count). The minimum absolute atomic E-state index is 0.440. The lowest BCUT2D eigenvalue weighted by molar-refractivity contribution is -0.102. The first-order chi connectivity index (χ1) is 8.58. The van der Waals surface area contributed by atoms with Crippen molar-refractivity contribution in [3.63, 3.8) is 0 Å². The first kappa shape index (κ1) is 13.8. The van der Waals surface area contributed by atoms with Gasteiger partial charge in [-0.15, -0.1) is 0 Å². The Morgan fingerprint density at radius 2 is 2.11 bits per heavy atom. The number of aryl methyl sites for hydroxylation is 1. The Kier molecular flexibility index (Phi) is 4.30. The summed E-state index contributed by atoms with van der Waals surface area (Å²) in [6.07, 6.45) is 5.79. The van der Waals surface area contributed by atoms with Crippen molar-refractivity contribution >= 4 is 11.6 Å². The first-order valence-electron chi connectivity index (χ1n) is 6.70. The fraction of sp³-hybridized carbons (Fsp3) is 0.769. The van der Waals surface area contributed by atoms with Crippen molar-refractivity contribution in [1.82, 2.24) is 9.78 Å². The molecule has 5 heteroatoms. The molecule has 4 nitrogen and oxygen atoms in total. The molecule has 1 unspecified atom stereocenters. The van der Waals surface area contributed by atoms with E-state index in [1.54, 1.807) is 10.9 Å². The Morgan fingerprint density at radius 1 is 1.44 bits per heavy atom. The summed E-state index contributed by atoms with van der Waals surface area (Å²) < 4.78 is 1.71. The highest BCUT2D eigenvalue weighted by atomic mass is 35.5. The highest BCUT2D eigenvalue weighted by Crippen LogP contribution is 2.40. The highest BCUT2D eigenvalue weighted by Gasteiger charge is 2.40. The van der Waals surface area contributed by atoms with Crippen molar-refractivity contribution in [2.24, 2.45) is 0 Å². The molecular formula is C13H21ClN2O2. The van der Waals surface area contributed by atoms with E-state index >= 15 is 0 Å². The molecule has 102 valence electrons. The van der Waals surface area contributed by atoms with E-state index in [0.717, 1.165) is 25.7 Å². The molecule has 1 saturated carbocycles. The zero-order chi connectivity index (χ0) is 13.2. The van der Waals surface area contributed by atoms with E-state index in [1.807, 2.05) is 6.92 Å². The van der Waals surface area contributed by atoms with Crippen molar-refractivity contribution < 1.29 is 10.2 Å². The molecule has 1 heterocycles. The second-order valence-corrected chi connectivity index (χ2v) is 5.57. The molecule has 1 fully saturated rings. The van der Waals surface area contributed by atoms with Crippen molar-refractivity contribution in [3.8, 4) is 0 Å². The summed E-state index contributed by atoms with van der Waals surface area (Å²) in [6.45, 7) is 2.75. The van der Waals surface area contributed by atoms with Gasteiger partial charge in [-0.05, 0) is 19.3 Å². The Labute approximate surface area is 113 Å². The lowest BCUT2D eigenvalue weighted by Crippen LogP contribution is -2.39. The molecule has 0 saturated heterocycles. The lowest BCUT2D eigenvalue weighted by atomic mass is 9.79. The maximum atomic E-state index is 10.6. The summed E-state index contributed by atoms with van der Waals surface area (Å²) in [7, 11) is 0. The average Bonchev–Trinajstić information content (AvgIpc) is 2.71. The summed E-state index contributed by atoms with van der Waals surface area (Å²) >= 11 is 6.10. The number of hydrogen-bond acceptors (Lipinski definition) is 3. The van der Waals surface area contributed by atoms with E-state index in [9.17, 15) is 10.2 Å². The van der Waals surface area contributed by atoms with Crippen LogP contribution in [0.5, 0.6) is 0 Å². The van der Waals surface area contributed by atoms with Crippen molar-refractivity contribution in [1.29, 1.82) is 0 Å². The summed E-state index contributed by atoms with van der Waals surface area (Å²) in [5, 5.41) is 25.7. The van der Waals surface area contributed by atoms with Gasteiger partial charge in [-0.25, -0.2) is 0 Å². The number of aliphatic hydroxyl groups excluding tert-OH is 1. The van der Waals surface area contributed by atoms with Crippen LogP contribution in [0.25, 0.3) is 0 Å². The largest absolute Gasteiger partial charge is 0.387 e. The zero-order valence-corrected chi connectivity index (χ0v) is 11.5. The minimum Gasteiger partial charge on any atom is -0.387 e. The van der Waals surface area contributed by atoms with Gasteiger partial charge in [0.25, 0.3) is 0 Å². The van der Waals surface area contributed by atoms with Crippen LogP contribution in [-0.2, 0) is 6.54 Å². The Morgan fingerprint density at radius 3 is 2.72 bits per heavy atom. The maximum absolute atomic E-state index is 10.6. The molecule has 1 aromatic rings.